The highest BCUT2D eigenvalue weighted by Gasteiger charge is 2.13. The van der Waals surface area contributed by atoms with Gasteiger partial charge in [-0.15, -0.1) is 0 Å². The molecule has 1 aromatic rings. The van der Waals surface area contributed by atoms with Crippen molar-refractivity contribution in [1.82, 2.24) is 5.32 Å². The molecule has 1 atom stereocenters. The molecule has 1 rings (SSSR count). The first-order valence-electron chi connectivity index (χ1n) is 5.54. The molecule has 0 saturated heterocycles. The minimum absolute atomic E-state index is 0.0319. The van der Waals surface area contributed by atoms with Gasteiger partial charge in [0.15, 0.2) is 0 Å². The Labute approximate surface area is 99.6 Å². The molecular formula is C12H17FN2O2. The summed E-state index contributed by atoms with van der Waals surface area (Å²) in [4.78, 5) is 11.7. The minimum atomic E-state index is -0.574. The van der Waals surface area contributed by atoms with E-state index >= 15 is 0 Å². The zero-order valence-corrected chi connectivity index (χ0v) is 9.74. The van der Waals surface area contributed by atoms with Gasteiger partial charge in [0.25, 0.3) is 5.91 Å². The summed E-state index contributed by atoms with van der Waals surface area (Å²) in [7, 11) is 0. The van der Waals surface area contributed by atoms with Crippen molar-refractivity contribution in [2.75, 3.05) is 6.54 Å². The Morgan fingerprint density at radius 3 is 2.88 bits per heavy atom. The number of nitrogens with one attached hydrogen (secondary N) is 1. The molecule has 94 valence electrons. The number of carbonyl (C=O) groups is 1. The summed E-state index contributed by atoms with van der Waals surface area (Å²) in [6, 6.07) is 3.28. The summed E-state index contributed by atoms with van der Waals surface area (Å²) >= 11 is 0. The molecule has 0 aliphatic carbocycles. The Hall–Kier alpha value is -1.62. The van der Waals surface area contributed by atoms with Crippen LogP contribution in [-0.4, -0.2) is 23.6 Å². The zero-order valence-electron chi connectivity index (χ0n) is 9.74. The summed E-state index contributed by atoms with van der Waals surface area (Å²) in [5, 5.41) is 12.1. The average Bonchev–Trinajstić information content (AvgIpc) is 2.26. The van der Waals surface area contributed by atoms with E-state index in [4.69, 9.17) is 5.73 Å². The maximum Gasteiger partial charge on any atom is 0.255 e. The lowest BCUT2D eigenvalue weighted by Gasteiger charge is -2.13. The van der Waals surface area contributed by atoms with Crippen LogP contribution in [0, 0.1) is 5.82 Å². The topological polar surface area (TPSA) is 75.3 Å². The van der Waals surface area contributed by atoms with Gasteiger partial charge in [-0.25, -0.2) is 4.39 Å². The van der Waals surface area contributed by atoms with E-state index in [9.17, 15) is 14.3 Å². The molecule has 17 heavy (non-hydrogen) atoms. The second kappa shape index (κ2) is 6.20. The molecule has 0 aliphatic heterocycles. The molecular weight excluding hydrogens is 223 g/mol. The van der Waals surface area contributed by atoms with Crippen LogP contribution in [-0.2, 0) is 0 Å². The molecule has 0 aliphatic rings. The molecule has 0 heterocycles. The lowest BCUT2D eigenvalue weighted by atomic mass is 10.1. The highest BCUT2D eigenvalue weighted by atomic mass is 19.1. The van der Waals surface area contributed by atoms with Crippen LogP contribution in [0.3, 0.4) is 0 Å². The Balaban J connectivity index is 2.63. The van der Waals surface area contributed by atoms with Gasteiger partial charge in [0.05, 0.1) is 5.56 Å². The standard InChI is InChI=1S/C12H17FN2O2/c1-8(3-2-6-14)15-12(17)10-5-4-9(13)7-11(10)16/h4-5,7-8,16H,2-3,6,14H2,1H3,(H,15,17). The molecule has 1 aromatic carbocycles. The van der Waals surface area contributed by atoms with Crippen LogP contribution in [0.5, 0.6) is 5.75 Å². The van der Waals surface area contributed by atoms with Crippen molar-refractivity contribution in [3.8, 4) is 5.75 Å². The molecule has 0 bridgehead atoms. The fraction of sp³-hybridized carbons (Fsp3) is 0.417. The van der Waals surface area contributed by atoms with E-state index in [1.54, 1.807) is 0 Å². The average molecular weight is 240 g/mol. The van der Waals surface area contributed by atoms with Crippen LogP contribution < -0.4 is 11.1 Å². The zero-order chi connectivity index (χ0) is 12.8. The van der Waals surface area contributed by atoms with E-state index in [1.807, 2.05) is 6.92 Å². The summed E-state index contributed by atoms with van der Waals surface area (Å²) in [5.41, 5.74) is 5.44. The largest absolute Gasteiger partial charge is 0.507 e. The van der Waals surface area contributed by atoms with Gasteiger partial charge in [-0.05, 0) is 38.4 Å². The number of rotatable bonds is 5. The first kappa shape index (κ1) is 13.4. The van der Waals surface area contributed by atoms with Gasteiger partial charge in [0.2, 0.25) is 0 Å². The van der Waals surface area contributed by atoms with E-state index in [0.717, 1.165) is 25.0 Å². The van der Waals surface area contributed by atoms with E-state index in [1.165, 1.54) is 6.07 Å². The van der Waals surface area contributed by atoms with E-state index in [-0.39, 0.29) is 17.4 Å². The normalized spacial score (nSPS) is 12.2. The van der Waals surface area contributed by atoms with Crippen LogP contribution in [0.25, 0.3) is 0 Å². The van der Waals surface area contributed by atoms with Crippen molar-refractivity contribution in [2.24, 2.45) is 5.73 Å². The maximum absolute atomic E-state index is 12.7. The van der Waals surface area contributed by atoms with E-state index in [2.05, 4.69) is 5.32 Å². The number of phenolic OH excluding ortho intramolecular Hbond substituents is 1. The van der Waals surface area contributed by atoms with Crippen LogP contribution >= 0.6 is 0 Å². The number of hydrogen-bond donors (Lipinski definition) is 3. The molecule has 4 nitrogen and oxygen atoms in total. The smallest absolute Gasteiger partial charge is 0.255 e. The van der Waals surface area contributed by atoms with Gasteiger partial charge in [0.1, 0.15) is 11.6 Å². The monoisotopic (exact) mass is 240 g/mol. The first-order valence-corrected chi connectivity index (χ1v) is 5.54. The Kier molecular flexibility index (Phi) is 4.90. The van der Waals surface area contributed by atoms with Gasteiger partial charge in [-0.2, -0.15) is 0 Å². The van der Waals surface area contributed by atoms with Crippen LogP contribution in [0.4, 0.5) is 4.39 Å². The summed E-state index contributed by atoms with van der Waals surface area (Å²) in [5.74, 6) is -1.34. The van der Waals surface area contributed by atoms with Crippen LogP contribution in [0.1, 0.15) is 30.1 Å². The quantitative estimate of drug-likeness (QED) is 0.728. The highest BCUT2D eigenvalue weighted by molar-refractivity contribution is 5.96. The fourth-order valence-electron chi connectivity index (χ4n) is 1.49. The second-order valence-corrected chi connectivity index (χ2v) is 3.97. The van der Waals surface area contributed by atoms with Crippen molar-refractivity contribution in [3.05, 3.63) is 29.6 Å². The van der Waals surface area contributed by atoms with Crippen molar-refractivity contribution >= 4 is 5.91 Å². The van der Waals surface area contributed by atoms with Crippen LogP contribution in [0.2, 0.25) is 0 Å². The number of hydrogen-bond acceptors (Lipinski definition) is 3. The number of carbonyl (C=O) groups excluding carboxylic acids is 1. The maximum atomic E-state index is 12.7. The second-order valence-electron chi connectivity index (χ2n) is 3.97. The Morgan fingerprint density at radius 2 is 2.29 bits per heavy atom. The lowest BCUT2D eigenvalue weighted by Crippen LogP contribution is -2.32. The third kappa shape index (κ3) is 4.03. The number of aromatic hydroxyl groups is 1. The summed E-state index contributed by atoms with van der Waals surface area (Å²) in [6.07, 6.45) is 1.58. The van der Waals surface area contributed by atoms with Crippen molar-refractivity contribution in [3.63, 3.8) is 0 Å². The highest BCUT2D eigenvalue weighted by Crippen LogP contribution is 2.18. The SMILES string of the molecule is CC(CCCN)NC(=O)c1ccc(F)cc1O. The Bertz CT molecular complexity index is 396. The van der Waals surface area contributed by atoms with Gasteiger partial charge in [0, 0.05) is 12.1 Å². The fourth-order valence-corrected chi connectivity index (χ4v) is 1.49. The van der Waals surface area contributed by atoms with Crippen molar-refractivity contribution in [1.29, 1.82) is 0 Å². The van der Waals surface area contributed by atoms with Crippen LogP contribution in [0.15, 0.2) is 18.2 Å². The molecule has 1 amide bonds. The minimum Gasteiger partial charge on any atom is -0.507 e. The predicted molar refractivity (Wildman–Crippen MR) is 63.3 cm³/mol. The third-order valence-corrected chi connectivity index (χ3v) is 2.42. The molecule has 0 radical (unpaired) electrons. The summed E-state index contributed by atoms with van der Waals surface area (Å²) in [6.45, 7) is 2.43. The Morgan fingerprint density at radius 1 is 1.59 bits per heavy atom. The molecule has 0 spiro atoms. The number of benzene rings is 1. The molecule has 0 fully saturated rings. The van der Waals surface area contributed by atoms with Crippen molar-refractivity contribution < 1.29 is 14.3 Å². The number of phenols is 1. The summed E-state index contributed by atoms with van der Waals surface area (Å²) < 4.78 is 12.7. The van der Waals surface area contributed by atoms with Gasteiger partial charge in [-0.1, -0.05) is 0 Å². The number of nitrogens with two attached hydrogens (primary N) is 1. The molecule has 5 heteroatoms. The van der Waals surface area contributed by atoms with Crippen molar-refractivity contribution in [2.45, 2.75) is 25.8 Å². The van der Waals surface area contributed by atoms with Gasteiger partial charge in [-0.3, -0.25) is 4.79 Å². The molecule has 0 aromatic heterocycles. The lowest BCUT2D eigenvalue weighted by molar-refractivity contribution is 0.0935. The first-order chi connectivity index (χ1) is 8.04. The third-order valence-electron chi connectivity index (χ3n) is 2.42. The number of halogens is 1. The van der Waals surface area contributed by atoms with E-state index < -0.39 is 11.7 Å². The predicted octanol–water partition coefficient (Wildman–Crippen LogP) is 1.39. The number of amides is 1. The van der Waals surface area contributed by atoms with Gasteiger partial charge < -0.3 is 16.2 Å². The molecule has 4 N–H and O–H groups in total. The van der Waals surface area contributed by atoms with E-state index in [0.29, 0.717) is 6.54 Å². The van der Waals surface area contributed by atoms with Gasteiger partial charge >= 0.3 is 0 Å². The molecule has 0 saturated carbocycles. The molecule has 1 unspecified atom stereocenters.